The molecular weight excluding hydrogens is 180 g/mol. The number of carbonyl (C=O) groups excluding carboxylic acids is 1. The Labute approximate surface area is 85.5 Å². The van der Waals surface area contributed by atoms with Crippen LogP contribution in [0.2, 0.25) is 0 Å². The van der Waals surface area contributed by atoms with E-state index in [2.05, 4.69) is 0 Å². The highest BCUT2D eigenvalue weighted by molar-refractivity contribution is 5.69. The maximum Gasteiger partial charge on any atom is 0.305 e. The van der Waals surface area contributed by atoms with Crippen molar-refractivity contribution in [3.63, 3.8) is 0 Å². The second-order valence-electron chi connectivity index (χ2n) is 4.45. The van der Waals surface area contributed by atoms with Crippen LogP contribution in [0.25, 0.3) is 0 Å². The third-order valence-corrected chi connectivity index (χ3v) is 2.60. The molecule has 0 aromatic heterocycles. The number of hydrogen-bond acceptors (Lipinski definition) is 3. The average Bonchev–Trinajstić information content (AvgIpc) is 2.85. The van der Waals surface area contributed by atoms with Crippen LogP contribution in [0.5, 0.6) is 0 Å². The number of ether oxygens (including phenoxy) is 1. The minimum Gasteiger partial charge on any atom is -0.466 e. The molecule has 1 fully saturated rings. The standard InChI is InChI=1S/C11H20O3/c1-3-14-10(12)6-7-11(2,13)8-9-4-5-9/h9,13H,3-8H2,1-2H3. The summed E-state index contributed by atoms with van der Waals surface area (Å²) in [6.45, 7) is 4.02. The molecule has 0 aromatic carbocycles. The Morgan fingerprint density at radius 3 is 2.71 bits per heavy atom. The minimum atomic E-state index is -0.687. The average molecular weight is 200 g/mol. The van der Waals surface area contributed by atoms with Gasteiger partial charge < -0.3 is 9.84 Å². The zero-order chi connectivity index (χ0) is 10.6. The van der Waals surface area contributed by atoms with Crippen molar-refractivity contribution in [2.45, 2.75) is 51.6 Å². The molecule has 1 N–H and O–H groups in total. The number of aliphatic hydroxyl groups is 1. The Morgan fingerprint density at radius 1 is 1.57 bits per heavy atom. The van der Waals surface area contributed by atoms with Gasteiger partial charge in [-0.25, -0.2) is 0 Å². The Morgan fingerprint density at radius 2 is 2.21 bits per heavy atom. The fraction of sp³-hybridized carbons (Fsp3) is 0.909. The summed E-state index contributed by atoms with van der Waals surface area (Å²) in [4.78, 5) is 11.1. The fourth-order valence-corrected chi connectivity index (χ4v) is 1.65. The maximum atomic E-state index is 11.1. The van der Waals surface area contributed by atoms with Crippen LogP contribution in [0.4, 0.5) is 0 Å². The second kappa shape index (κ2) is 4.78. The number of hydrogen-bond donors (Lipinski definition) is 1. The molecule has 0 aromatic rings. The molecule has 0 amide bonds. The molecule has 0 radical (unpaired) electrons. The SMILES string of the molecule is CCOC(=O)CCC(C)(O)CC1CC1. The van der Waals surface area contributed by atoms with E-state index >= 15 is 0 Å². The molecular formula is C11H20O3. The van der Waals surface area contributed by atoms with Gasteiger partial charge in [0.1, 0.15) is 0 Å². The molecule has 1 atom stereocenters. The van der Waals surface area contributed by atoms with E-state index in [-0.39, 0.29) is 5.97 Å². The minimum absolute atomic E-state index is 0.205. The first-order chi connectivity index (χ1) is 6.53. The lowest BCUT2D eigenvalue weighted by molar-refractivity contribution is -0.144. The Balaban J connectivity index is 2.16. The summed E-state index contributed by atoms with van der Waals surface area (Å²) in [5.74, 6) is 0.482. The Kier molecular flexibility index (Phi) is 3.93. The van der Waals surface area contributed by atoms with E-state index in [0.717, 1.165) is 6.42 Å². The molecule has 14 heavy (non-hydrogen) atoms. The smallest absolute Gasteiger partial charge is 0.305 e. The first-order valence-corrected chi connectivity index (χ1v) is 5.41. The number of esters is 1. The van der Waals surface area contributed by atoms with Crippen molar-refractivity contribution in [3.05, 3.63) is 0 Å². The molecule has 1 aliphatic rings. The van der Waals surface area contributed by atoms with E-state index in [1.807, 2.05) is 6.92 Å². The zero-order valence-corrected chi connectivity index (χ0v) is 9.08. The third kappa shape index (κ3) is 4.61. The highest BCUT2D eigenvalue weighted by Gasteiger charge is 2.31. The first-order valence-electron chi connectivity index (χ1n) is 5.41. The molecule has 0 spiro atoms. The van der Waals surface area contributed by atoms with Crippen molar-refractivity contribution in [3.8, 4) is 0 Å². The molecule has 82 valence electrons. The highest BCUT2D eigenvalue weighted by Crippen LogP contribution is 2.38. The van der Waals surface area contributed by atoms with Crippen LogP contribution >= 0.6 is 0 Å². The molecule has 1 rings (SSSR count). The topological polar surface area (TPSA) is 46.5 Å². The van der Waals surface area contributed by atoms with Crippen molar-refractivity contribution in [2.24, 2.45) is 5.92 Å². The molecule has 1 aliphatic carbocycles. The predicted octanol–water partition coefficient (Wildman–Crippen LogP) is 1.88. The zero-order valence-electron chi connectivity index (χ0n) is 9.08. The molecule has 1 saturated carbocycles. The van der Waals surface area contributed by atoms with E-state index < -0.39 is 5.60 Å². The number of rotatable bonds is 6. The van der Waals surface area contributed by atoms with Crippen molar-refractivity contribution < 1.29 is 14.6 Å². The summed E-state index contributed by atoms with van der Waals surface area (Å²) in [5.41, 5.74) is -0.687. The first kappa shape index (κ1) is 11.5. The van der Waals surface area contributed by atoms with Gasteiger partial charge in [-0.1, -0.05) is 12.8 Å². The molecule has 1 unspecified atom stereocenters. The van der Waals surface area contributed by atoms with Crippen molar-refractivity contribution in [2.75, 3.05) is 6.61 Å². The highest BCUT2D eigenvalue weighted by atomic mass is 16.5. The van der Waals surface area contributed by atoms with Gasteiger partial charge in [-0.15, -0.1) is 0 Å². The largest absolute Gasteiger partial charge is 0.466 e. The van der Waals surface area contributed by atoms with Gasteiger partial charge in [0.05, 0.1) is 12.2 Å². The Bertz CT molecular complexity index is 195. The van der Waals surface area contributed by atoms with Gasteiger partial charge in [0.25, 0.3) is 0 Å². The Hall–Kier alpha value is -0.570. The van der Waals surface area contributed by atoms with E-state index in [0.29, 0.717) is 25.4 Å². The molecule has 0 aliphatic heterocycles. The van der Waals surface area contributed by atoms with Gasteiger partial charge in [-0.3, -0.25) is 4.79 Å². The van der Waals surface area contributed by atoms with Crippen molar-refractivity contribution >= 4 is 5.97 Å². The van der Waals surface area contributed by atoms with E-state index in [1.165, 1.54) is 12.8 Å². The summed E-state index contributed by atoms with van der Waals surface area (Å²) in [6.07, 6.45) is 4.13. The van der Waals surface area contributed by atoms with Gasteiger partial charge in [0.2, 0.25) is 0 Å². The van der Waals surface area contributed by atoms with Crippen LogP contribution in [-0.4, -0.2) is 23.3 Å². The quantitative estimate of drug-likeness (QED) is 0.666. The number of carbonyl (C=O) groups is 1. The van der Waals surface area contributed by atoms with Crippen molar-refractivity contribution in [1.82, 2.24) is 0 Å². The molecule has 0 bridgehead atoms. The lowest BCUT2D eigenvalue weighted by Crippen LogP contribution is -2.26. The van der Waals surface area contributed by atoms with Gasteiger partial charge >= 0.3 is 5.97 Å². The fourth-order valence-electron chi connectivity index (χ4n) is 1.65. The normalized spacial score (nSPS) is 20.2. The molecule has 3 nitrogen and oxygen atoms in total. The van der Waals surface area contributed by atoms with Crippen LogP contribution in [0, 0.1) is 5.92 Å². The van der Waals surface area contributed by atoms with Crippen LogP contribution in [0.3, 0.4) is 0 Å². The van der Waals surface area contributed by atoms with Gasteiger partial charge in [-0.05, 0) is 32.6 Å². The molecule has 3 heteroatoms. The molecule has 0 heterocycles. The summed E-state index contributed by atoms with van der Waals surface area (Å²) in [5, 5.41) is 9.93. The van der Waals surface area contributed by atoms with Crippen LogP contribution < -0.4 is 0 Å². The lowest BCUT2D eigenvalue weighted by atomic mass is 9.94. The van der Waals surface area contributed by atoms with Gasteiger partial charge in [0, 0.05) is 6.42 Å². The van der Waals surface area contributed by atoms with Gasteiger partial charge in [0.15, 0.2) is 0 Å². The summed E-state index contributed by atoms with van der Waals surface area (Å²) in [7, 11) is 0. The van der Waals surface area contributed by atoms with E-state index in [9.17, 15) is 9.90 Å². The monoisotopic (exact) mass is 200 g/mol. The molecule has 0 saturated heterocycles. The maximum absolute atomic E-state index is 11.1. The van der Waals surface area contributed by atoms with E-state index in [1.54, 1.807) is 6.92 Å². The van der Waals surface area contributed by atoms with Crippen LogP contribution in [0.1, 0.15) is 46.0 Å². The lowest BCUT2D eigenvalue weighted by Gasteiger charge is -2.22. The van der Waals surface area contributed by atoms with Crippen LogP contribution in [-0.2, 0) is 9.53 Å². The summed E-state index contributed by atoms with van der Waals surface area (Å²) in [6, 6.07) is 0. The summed E-state index contributed by atoms with van der Waals surface area (Å²) < 4.78 is 4.81. The van der Waals surface area contributed by atoms with Crippen molar-refractivity contribution in [1.29, 1.82) is 0 Å². The van der Waals surface area contributed by atoms with Crippen LogP contribution in [0.15, 0.2) is 0 Å². The summed E-state index contributed by atoms with van der Waals surface area (Å²) >= 11 is 0. The second-order valence-corrected chi connectivity index (χ2v) is 4.45. The van der Waals surface area contributed by atoms with Gasteiger partial charge in [-0.2, -0.15) is 0 Å². The third-order valence-electron chi connectivity index (χ3n) is 2.60. The predicted molar refractivity (Wildman–Crippen MR) is 53.8 cm³/mol. The van der Waals surface area contributed by atoms with E-state index in [4.69, 9.17) is 4.74 Å².